The average molecular weight is 781 g/mol. The molecule has 2 aliphatic heterocycles. The van der Waals surface area contributed by atoms with E-state index in [1.807, 2.05) is 97.1 Å². The van der Waals surface area contributed by atoms with E-state index in [1.54, 1.807) is 24.4 Å². The van der Waals surface area contributed by atoms with Crippen LogP contribution in [0.3, 0.4) is 0 Å². The second-order valence-electron chi connectivity index (χ2n) is 15.2. The summed E-state index contributed by atoms with van der Waals surface area (Å²) in [6.07, 6.45) is 5.97. The van der Waals surface area contributed by atoms with Gasteiger partial charge in [-0.25, -0.2) is 19.6 Å². The van der Waals surface area contributed by atoms with Gasteiger partial charge in [-0.2, -0.15) is 0 Å². The number of aromatic amines is 1. The van der Waals surface area contributed by atoms with Crippen molar-refractivity contribution in [2.24, 2.45) is 0 Å². The van der Waals surface area contributed by atoms with Crippen LogP contribution in [0.5, 0.6) is 5.75 Å². The van der Waals surface area contributed by atoms with Gasteiger partial charge >= 0.3 is 11.3 Å². The molecule has 0 radical (unpaired) electrons. The Morgan fingerprint density at radius 3 is 2.45 bits per heavy atom. The molecule has 1 unspecified atom stereocenters. The Morgan fingerprint density at radius 1 is 0.700 bits per heavy atom. The summed E-state index contributed by atoms with van der Waals surface area (Å²) in [5, 5.41) is 3.54. The molecule has 1 N–H and O–H groups in total. The molecule has 7 heterocycles. The quantitative estimate of drug-likeness (QED) is 0.172. The average Bonchev–Trinajstić information content (AvgIpc) is 3.92. The third-order valence-corrected chi connectivity index (χ3v) is 11.7. The molecule has 0 aliphatic carbocycles. The Labute approximate surface area is 341 Å². The predicted octanol–water partition coefficient (Wildman–Crippen LogP) is 11.2. The van der Waals surface area contributed by atoms with Crippen molar-refractivity contribution < 1.29 is 13.6 Å². The van der Waals surface area contributed by atoms with Gasteiger partial charge in [0.25, 0.3) is 0 Å². The second-order valence-corrected chi connectivity index (χ2v) is 15.2. The summed E-state index contributed by atoms with van der Waals surface area (Å²) in [6.45, 7) is 0.758. The van der Waals surface area contributed by atoms with Crippen LogP contribution in [0.15, 0.2) is 170 Å². The van der Waals surface area contributed by atoms with Crippen LogP contribution in [0.4, 0.5) is 11.4 Å². The van der Waals surface area contributed by atoms with E-state index >= 15 is 0 Å². The van der Waals surface area contributed by atoms with Gasteiger partial charge in [0.05, 0.1) is 27.8 Å². The second kappa shape index (κ2) is 13.3. The van der Waals surface area contributed by atoms with Gasteiger partial charge in [-0.15, -0.1) is 0 Å². The molecular formula is C51H32N4O5. The van der Waals surface area contributed by atoms with Crippen LogP contribution in [0.25, 0.3) is 83.6 Å². The molecule has 0 fully saturated rings. The Kier molecular flexibility index (Phi) is 7.52. The van der Waals surface area contributed by atoms with Crippen molar-refractivity contribution in [1.82, 2.24) is 15.0 Å². The van der Waals surface area contributed by atoms with Crippen molar-refractivity contribution in [3.05, 3.63) is 189 Å². The van der Waals surface area contributed by atoms with Crippen LogP contribution in [0.1, 0.15) is 22.8 Å². The lowest BCUT2D eigenvalue weighted by molar-refractivity contribution is 0.254. The maximum absolute atomic E-state index is 14.6. The van der Waals surface area contributed by atoms with Crippen LogP contribution in [-0.2, 0) is 6.42 Å². The van der Waals surface area contributed by atoms with Crippen LogP contribution in [0.2, 0.25) is 0 Å². The summed E-state index contributed by atoms with van der Waals surface area (Å²) >= 11 is 0. The van der Waals surface area contributed by atoms with E-state index < -0.39 is 17.4 Å². The highest BCUT2D eigenvalue weighted by molar-refractivity contribution is 6.10. The number of anilines is 2. The van der Waals surface area contributed by atoms with Gasteiger partial charge in [-0.3, -0.25) is 0 Å². The largest absolute Gasteiger partial charge is 0.481 e. The monoisotopic (exact) mass is 780 g/mol. The van der Waals surface area contributed by atoms with Crippen LogP contribution in [-0.4, -0.2) is 21.5 Å². The number of nitrogens with zero attached hydrogens (tertiary/aromatic N) is 3. The van der Waals surface area contributed by atoms with Gasteiger partial charge in [-0.05, 0) is 90.2 Å². The van der Waals surface area contributed by atoms with Crippen LogP contribution in [0, 0.1) is 0 Å². The smallest absolute Gasteiger partial charge is 0.344 e. The standard InChI is InChI=1S/C51H32N4O5/c56-50-34-15-5-1-12-31(34)28-43(60-50)48-44(35-26-32-13-4-8-18-41(32)59-51(35)57)47(42-22-19-30-11-3-7-17-40(30)58-42)46-36(53-48)20-21-39(55-25-23-29-10-2-6-16-38(29)55)45(46)37-27-33-14-9-24-52-49(33)54-37/h1-22,24,26-28,42H,23,25H2,(H,52,54). The van der Waals surface area contributed by atoms with Gasteiger partial charge in [-0.1, -0.05) is 78.9 Å². The first kappa shape index (κ1) is 34.0. The van der Waals surface area contributed by atoms with Crippen molar-refractivity contribution in [3.63, 3.8) is 0 Å². The zero-order valence-electron chi connectivity index (χ0n) is 31.9. The molecule has 10 aromatic rings. The molecule has 286 valence electrons. The zero-order valence-corrected chi connectivity index (χ0v) is 31.9. The zero-order chi connectivity index (χ0) is 39.9. The van der Waals surface area contributed by atoms with Crippen molar-refractivity contribution in [1.29, 1.82) is 0 Å². The summed E-state index contributed by atoms with van der Waals surface area (Å²) in [6, 6.07) is 44.9. The Morgan fingerprint density at radius 2 is 1.52 bits per heavy atom. The summed E-state index contributed by atoms with van der Waals surface area (Å²) in [5.74, 6) is 0.893. The first-order valence-electron chi connectivity index (χ1n) is 19.9. The van der Waals surface area contributed by atoms with Gasteiger partial charge in [0.2, 0.25) is 0 Å². The third kappa shape index (κ3) is 5.33. The van der Waals surface area contributed by atoms with Crippen molar-refractivity contribution in [3.8, 4) is 39.6 Å². The first-order valence-corrected chi connectivity index (χ1v) is 19.9. The van der Waals surface area contributed by atoms with Crippen molar-refractivity contribution >= 4 is 61.1 Å². The molecule has 1 atom stereocenters. The maximum atomic E-state index is 14.6. The number of para-hydroxylation sites is 3. The number of H-pyrrole nitrogens is 1. The Balaban J connectivity index is 1.28. The Bertz CT molecular complexity index is 3530. The lowest BCUT2D eigenvalue weighted by Gasteiger charge is -2.29. The van der Waals surface area contributed by atoms with Crippen LogP contribution < -0.4 is 20.9 Å². The summed E-state index contributed by atoms with van der Waals surface area (Å²) in [5.41, 5.74) is 8.30. The fourth-order valence-electron chi connectivity index (χ4n) is 9.02. The summed E-state index contributed by atoms with van der Waals surface area (Å²) in [7, 11) is 0. The molecule has 9 heteroatoms. The van der Waals surface area contributed by atoms with E-state index in [0.29, 0.717) is 44.4 Å². The minimum Gasteiger partial charge on any atom is -0.481 e. The fourth-order valence-corrected chi connectivity index (χ4v) is 9.02. The van der Waals surface area contributed by atoms with E-state index in [-0.39, 0.29) is 11.3 Å². The highest BCUT2D eigenvalue weighted by Gasteiger charge is 2.33. The normalized spacial score (nSPS) is 14.5. The number of rotatable bonds is 5. The molecule has 0 bridgehead atoms. The fraction of sp³-hybridized carbons (Fsp3) is 0.0588. The number of nitrogens with one attached hydrogen (secondary N) is 1. The molecule has 5 aromatic carbocycles. The Hall–Kier alpha value is -8.04. The van der Waals surface area contributed by atoms with Crippen LogP contribution >= 0.6 is 0 Å². The third-order valence-electron chi connectivity index (χ3n) is 11.7. The van der Waals surface area contributed by atoms with E-state index in [2.05, 4.69) is 51.3 Å². The number of pyridine rings is 2. The number of hydrogen-bond donors (Lipinski definition) is 1. The molecule has 0 amide bonds. The maximum Gasteiger partial charge on any atom is 0.344 e. The molecule has 60 heavy (non-hydrogen) atoms. The molecular weight excluding hydrogens is 749 g/mol. The minimum absolute atomic E-state index is 0.207. The highest BCUT2D eigenvalue weighted by Crippen LogP contribution is 2.50. The molecule has 0 spiro atoms. The molecule has 0 saturated carbocycles. The topological polar surface area (TPSA) is 114 Å². The summed E-state index contributed by atoms with van der Waals surface area (Å²) in [4.78, 5) is 44.4. The van der Waals surface area contributed by atoms with E-state index in [1.165, 1.54) is 5.56 Å². The number of ether oxygens (including phenoxy) is 1. The number of fused-ring (bicyclic) bond motifs is 6. The van der Waals surface area contributed by atoms with E-state index in [0.717, 1.165) is 63.0 Å². The van der Waals surface area contributed by atoms with Gasteiger partial charge < -0.3 is 23.5 Å². The van der Waals surface area contributed by atoms with Gasteiger partial charge in [0.15, 0.2) is 5.76 Å². The van der Waals surface area contributed by atoms with Crippen molar-refractivity contribution in [2.45, 2.75) is 12.5 Å². The molecule has 2 aliphatic rings. The minimum atomic E-state index is -0.737. The van der Waals surface area contributed by atoms with Gasteiger partial charge in [0.1, 0.15) is 28.8 Å². The number of hydrogen-bond acceptors (Lipinski definition) is 8. The SMILES string of the molecule is O=c1oc2ccccc2cc1-c1c(-c2cc3ccccc3c(=O)o2)nc2ccc(N3CCc4ccccc43)c(-c3cc4cccnc4[nH]3)c2c1C1C=Cc2ccccc2O1. The first-order chi connectivity index (χ1) is 29.6. The number of aromatic nitrogens is 3. The number of benzene rings is 5. The predicted molar refractivity (Wildman–Crippen MR) is 236 cm³/mol. The van der Waals surface area contributed by atoms with E-state index in [4.69, 9.17) is 18.6 Å². The molecule has 0 saturated heterocycles. The van der Waals surface area contributed by atoms with Crippen molar-refractivity contribution in [2.75, 3.05) is 11.4 Å². The highest BCUT2D eigenvalue weighted by atomic mass is 16.5. The molecule has 9 nitrogen and oxygen atoms in total. The molecule has 5 aromatic heterocycles. The lowest BCUT2D eigenvalue weighted by atomic mass is 9.86. The lowest BCUT2D eigenvalue weighted by Crippen LogP contribution is -2.17. The van der Waals surface area contributed by atoms with E-state index in [9.17, 15) is 9.59 Å². The van der Waals surface area contributed by atoms with Gasteiger partial charge in [0, 0.05) is 56.8 Å². The molecule has 12 rings (SSSR count). The summed E-state index contributed by atoms with van der Waals surface area (Å²) < 4.78 is 19.3.